The zero-order valence-corrected chi connectivity index (χ0v) is 12.7. The van der Waals surface area contributed by atoms with Gasteiger partial charge in [0, 0.05) is 5.69 Å². The van der Waals surface area contributed by atoms with E-state index in [4.69, 9.17) is 4.74 Å². The second-order valence-corrected chi connectivity index (χ2v) is 5.43. The molecule has 0 saturated carbocycles. The smallest absolute Gasteiger partial charge is 0.265 e. The third-order valence-corrected chi connectivity index (χ3v) is 3.56. The number of rotatable bonds is 2. The van der Waals surface area contributed by atoms with E-state index in [1.165, 1.54) is 6.07 Å². The first-order valence-electron chi connectivity index (χ1n) is 7.16. The lowest BCUT2D eigenvalue weighted by Crippen LogP contribution is -2.34. The molecule has 0 bridgehead atoms. The second-order valence-electron chi connectivity index (χ2n) is 5.43. The highest BCUT2D eigenvalue weighted by Gasteiger charge is 2.23. The molecule has 3 rings (SSSR count). The molecule has 6 heteroatoms. The first-order valence-corrected chi connectivity index (χ1v) is 7.16. The van der Waals surface area contributed by atoms with Gasteiger partial charge in [0.05, 0.1) is 11.3 Å². The summed E-state index contributed by atoms with van der Waals surface area (Å²) in [5.41, 5.74) is 2.05. The number of benzene rings is 2. The van der Waals surface area contributed by atoms with Gasteiger partial charge in [-0.1, -0.05) is 11.6 Å². The predicted octanol–water partition coefficient (Wildman–Crippen LogP) is 2.67. The van der Waals surface area contributed by atoms with Crippen LogP contribution in [0.4, 0.5) is 11.4 Å². The molecule has 0 spiro atoms. The number of amides is 2. The number of phenols is 1. The van der Waals surface area contributed by atoms with E-state index in [1.54, 1.807) is 37.3 Å². The van der Waals surface area contributed by atoms with E-state index in [-0.39, 0.29) is 17.2 Å². The Morgan fingerprint density at radius 1 is 1.26 bits per heavy atom. The quantitative estimate of drug-likeness (QED) is 0.795. The summed E-state index contributed by atoms with van der Waals surface area (Å²) in [6, 6.07) is 9.77. The van der Waals surface area contributed by atoms with Gasteiger partial charge in [-0.05, 0) is 44.2 Å². The maximum atomic E-state index is 12.3. The van der Waals surface area contributed by atoms with Gasteiger partial charge in [-0.15, -0.1) is 0 Å². The molecule has 23 heavy (non-hydrogen) atoms. The normalized spacial score (nSPS) is 16.1. The highest BCUT2D eigenvalue weighted by atomic mass is 16.5. The van der Waals surface area contributed by atoms with E-state index < -0.39 is 12.0 Å². The highest BCUT2D eigenvalue weighted by molar-refractivity contribution is 6.07. The SMILES string of the molecule is Cc1ccc(O)c(C(=O)Nc2ccc3c(c2)NC(=O)C(C)O3)c1. The van der Waals surface area contributed by atoms with Crippen LogP contribution in [-0.2, 0) is 4.79 Å². The van der Waals surface area contributed by atoms with Crippen LogP contribution in [0.1, 0.15) is 22.8 Å². The molecule has 0 fully saturated rings. The van der Waals surface area contributed by atoms with Gasteiger partial charge in [0.2, 0.25) is 0 Å². The molecule has 1 aliphatic rings. The molecule has 0 radical (unpaired) electrons. The number of ether oxygens (including phenoxy) is 1. The van der Waals surface area contributed by atoms with Gasteiger partial charge in [0.15, 0.2) is 6.10 Å². The molecule has 2 amide bonds. The maximum absolute atomic E-state index is 12.3. The number of phenolic OH excluding ortho intramolecular Hbond substituents is 1. The van der Waals surface area contributed by atoms with E-state index in [1.807, 2.05) is 6.92 Å². The number of hydrogen-bond acceptors (Lipinski definition) is 4. The summed E-state index contributed by atoms with van der Waals surface area (Å²) < 4.78 is 5.46. The van der Waals surface area contributed by atoms with Crippen molar-refractivity contribution in [3.05, 3.63) is 47.5 Å². The minimum absolute atomic E-state index is 0.0866. The standard InChI is InChI=1S/C17H16N2O4/c1-9-3-5-14(20)12(7-9)17(22)18-11-4-6-15-13(8-11)19-16(21)10(2)23-15/h3-8,10,20H,1-2H3,(H,18,22)(H,19,21). The van der Waals surface area contributed by atoms with Crippen LogP contribution in [0.2, 0.25) is 0 Å². The zero-order valence-electron chi connectivity index (χ0n) is 12.7. The Labute approximate surface area is 133 Å². The fourth-order valence-corrected chi connectivity index (χ4v) is 2.32. The number of hydrogen-bond donors (Lipinski definition) is 3. The Bertz CT molecular complexity index is 801. The fraction of sp³-hybridized carbons (Fsp3) is 0.176. The summed E-state index contributed by atoms with van der Waals surface area (Å²) in [4.78, 5) is 23.9. The number of aryl methyl sites for hydroxylation is 1. The van der Waals surface area contributed by atoms with Crippen molar-refractivity contribution in [2.75, 3.05) is 10.6 Å². The molecule has 6 nitrogen and oxygen atoms in total. The minimum atomic E-state index is -0.549. The summed E-state index contributed by atoms with van der Waals surface area (Å²) in [6.45, 7) is 3.50. The Morgan fingerprint density at radius 2 is 2.04 bits per heavy atom. The lowest BCUT2D eigenvalue weighted by atomic mass is 10.1. The molecule has 1 aliphatic heterocycles. The Hall–Kier alpha value is -3.02. The van der Waals surface area contributed by atoms with Crippen molar-refractivity contribution in [3.8, 4) is 11.5 Å². The van der Waals surface area contributed by atoms with Crippen LogP contribution in [-0.4, -0.2) is 23.0 Å². The second kappa shape index (κ2) is 5.64. The summed E-state index contributed by atoms with van der Waals surface area (Å²) in [6.07, 6.45) is -0.549. The van der Waals surface area contributed by atoms with Crippen molar-refractivity contribution in [1.29, 1.82) is 0 Å². The van der Waals surface area contributed by atoms with Gasteiger partial charge in [-0.3, -0.25) is 9.59 Å². The van der Waals surface area contributed by atoms with Gasteiger partial charge in [0.1, 0.15) is 11.5 Å². The molecule has 0 aromatic heterocycles. The monoisotopic (exact) mass is 312 g/mol. The molecule has 3 N–H and O–H groups in total. The Balaban J connectivity index is 1.84. The van der Waals surface area contributed by atoms with E-state index in [2.05, 4.69) is 10.6 Å². The predicted molar refractivity (Wildman–Crippen MR) is 86.0 cm³/mol. The number of fused-ring (bicyclic) bond motifs is 1. The molecule has 0 aliphatic carbocycles. The first kappa shape index (κ1) is 14.9. The lowest BCUT2D eigenvalue weighted by Gasteiger charge is -2.23. The molecular formula is C17H16N2O4. The van der Waals surface area contributed by atoms with Gasteiger partial charge in [-0.2, -0.15) is 0 Å². The number of carbonyl (C=O) groups excluding carboxylic acids is 2. The highest BCUT2D eigenvalue weighted by Crippen LogP contribution is 2.32. The van der Waals surface area contributed by atoms with Crippen molar-refractivity contribution in [2.45, 2.75) is 20.0 Å². The van der Waals surface area contributed by atoms with E-state index in [9.17, 15) is 14.7 Å². The molecule has 1 atom stereocenters. The number of aromatic hydroxyl groups is 1. The molecule has 1 unspecified atom stereocenters. The maximum Gasteiger partial charge on any atom is 0.265 e. The van der Waals surface area contributed by atoms with Crippen molar-refractivity contribution >= 4 is 23.2 Å². The lowest BCUT2D eigenvalue weighted by molar-refractivity contribution is -0.122. The molecule has 0 saturated heterocycles. The van der Waals surface area contributed by atoms with Crippen molar-refractivity contribution < 1.29 is 19.4 Å². The molecular weight excluding hydrogens is 296 g/mol. The largest absolute Gasteiger partial charge is 0.507 e. The summed E-state index contributed by atoms with van der Waals surface area (Å²) in [5.74, 6) is -0.204. The average Bonchev–Trinajstić information content (AvgIpc) is 2.51. The van der Waals surface area contributed by atoms with Crippen LogP contribution in [0, 0.1) is 6.92 Å². The minimum Gasteiger partial charge on any atom is -0.507 e. The fourth-order valence-electron chi connectivity index (χ4n) is 2.32. The molecule has 1 heterocycles. The third-order valence-electron chi connectivity index (χ3n) is 3.56. The Kier molecular flexibility index (Phi) is 3.65. The van der Waals surface area contributed by atoms with Gasteiger partial charge in [0.25, 0.3) is 11.8 Å². The van der Waals surface area contributed by atoms with Crippen LogP contribution in [0.25, 0.3) is 0 Å². The van der Waals surface area contributed by atoms with Gasteiger partial charge >= 0.3 is 0 Å². The molecule has 2 aromatic rings. The summed E-state index contributed by atoms with van der Waals surface area (Å²) >= 11 is 0. The van der Waals surface area contributed by atoms with Crippen molar-refractivity contribution in [1.82, 2.24) is 0 Å². The van der Waals surface area contributed by atoms with Crippen LogP contribution in [0.3, 0.4) is 0 Å². The number of anilines is 2. The van der Waals surface area contributed by atoms with E-state index in [0.717, 1.165) is 5.56 Å². The van der Waals surface area contributed by atoms with E-state index in [0.29, 0.717) is 17.1 Å². The van der Waals surface area contributed by atoms with Crippen LogP contribution >= 0.6 is 0 Å². The third kappa shape index (κ3) is 2.96. The molecule has 2 aromatic carbocycles. The first-order chi connectivity index (χ1) is 10.9. The van der Waals surface area contributed by atoms with Crippen molar-refractivity contribution in [3.63, 3.8) is 0 Å². The number of nitrogens with one attached hydrogen (secondary N) is 2. The zero-order chi connectivity index (χ0) is 16.6. The number of carbonyl (C=O) groups is 2. The summed E-state index contributed by atoms with van der Waals surface area (Å²) in [7, 11) is 0. The van der Waals surface area contributed by atoms with Crippen molar-refractivity contribution in [2.24, 2.45) is 0 Å². The van der Waals surface area contributed by atoms with Crippen LogP contribution < -0.4 is 15.4 Å². The Morgan fingerprint density at radius 3 is 2.83 bits per heavy atom. The topological polar surface area (TPSA) is 87.7 Å². The van der Waals surface area contributed by atoms with E-state index >= 15 is 0 Å². The van der Waals surface area contributed by atoms with Gasteiger partial charge < -0.3 is 20.5 Å². The summed E-state index contributed by atoms with van der Waals surface area (Å²) in [5, 5.41) is 15.2. The van der Waals surface area contributed by atoms with Gasteiger partial charge in [-0.25, -0.2) is 0 Å². The van der Waals surface area contributed by atoms with Crippen LogP contribution in [0.5, 0.6) is 11.5 Å². The molecule has 118 valence electrons. The van der Waals surface area contributed by atoms with Crippen LogP contribution in [0.15, 0.2) is 36.4 Å². The average molecular weight is 312 g/mol.